The first-order chi connectivity index (χ1) is 15.1. The number of hydrogen-bond acceptors (Lipinski definition) is 6. The second kappa shape index (κ2) is 10.4. The Balaban J connectivity index is 0.00000176. The monoisotopic (exact) mass is 456 g/mol. The van der Waals surface area contributed by atoms with Gasteiger partial charge in [-0.15, -0.1) is 0 Å². The molecule has 1 saturated heterocycles. The maximum atomic E-state index is 13.8. The molecule has 0 aliphatic carbocycles. The molecule has 1 fully saturated rings. The maximum absolute atomic E-state index is 13.8. The largest absolute Gasteiger partial charge is 0.417 e. The molecular formula is C22H31F3N4O3. The third-order valence-electron chi connectivity index (χ3n) is 5.53. The first kappa shape index (κ1) is 25.7. The van der Waals surface area contributed by atoms with Gasteiger partial charge in [-0.2, -0.15) is 13.2 Å². The first-order valence-corrected chi connectivity index (χ1v) is 10.2. The number of nitrogens with zero attached hydrogens (tertiary/aromatic N) is 4. The van der Waals surface area contributed by atoms with Crippen LogP contribution >= 0.6 is 0 Å². The molecule has 1 aliphatic heterocycles. The zero-order valence-corrected chi connectivity index (χ0v) is 19.3. The van der Waals surface area contributed by atoms with E-state index in [0.29, 0.717) is 30.2 Å². The van der Waals surface area contributed by atoms with Crippen molar-refractivity contribution in [3.63, 3.8) is 0 Å². The summed E-state index contributed by atoms with van der Waals surface area (Å²) in [6.07, 6.45) is -2.77. The molecule has 3 rings (SSSR count). The number of methoxy groups -OCH3 is 1. The third-order valence-corrected chi connectivity index (χ3v) is 5.53. The lowest BCUT2D eigenvalue weighted by Crippen LogP contribution is -2.39. The maximum Gasteiger partial charge on any atom is 0.417 e. The Bertz CT molecular complexity index is 990. The molecule has 1 aromatic heterocycles. The Hall–Kier alpha value is -2.59. The Morgan fingerprint density at radius 1 is 1.28 bits per heavy atom. The second-order valence-electron chi connectivity index (χ2n) is 7.80. The van der Waals surface area contributed by atoms with Crippen molar-refractivity contribution in [2.24, 2.45) is 7.05 Å². The van der Waals surface area contributed by atoms with Gasteiger partial charge in [0.25, 0.3) is 5.56 Å². The van der Waals surface area contributed by atoms with E-state index in [1.54, 1.807) is 39.1 Å². The van der Waals surface area contributed by atoms with Crippen LogP contribution in [0, 0.1) is 6.92 Å². The highest BCUT2D eigenvalue weighted by atomic mass is 19.4. The van der Waals surface area contributed by atoms with Gasteiger partial charge in [-0.3, -0.25) is 9.36 Å². The summed E-state index contributed by atoms with van der Waals surface area (Å²) in [6, 6.07) is 4.11. The van der Waals surface area contributed by atoms with E-state index in [-0.39, 0.29) is 23.0 Å². The van der Waals surface area contributed by atoms with Crippen molar-refractivity contribution in [1.82, 2.24) is 9.55 Å². The molecule has 1 unspecified atom stereocenters. The van der Waals surface area contributed by atoms with Gasteiger partial charge in [-0.1, -0.05) is 0 Å². The highest BCUT2D eigenvalue weighted by Gasteiger charge is 2.36. The number of aryl methyl sites for hydroxylation is 1. The number of aliphatic hydroxyl groups excluding tert-OH is 1. The Morgan fingerprint density at radius 2 is 1.94 bits per heavy atom. The van der Waals surface area contributed by atoms with Crippen molar-refractivity contribution in [3.05, 3.63) is 39.8 Å². The van der Waals surface area contributed by atoms with Crippen LogP contribution in [0.2, 0.25) is 0 Å². The molecule has 7 nitrogen and oxygen atoms in total. The zero-order chi connectivity index (χ0) is 24.2. The smallest absolute Gasteiger partial charge is 0.400 e. The van der Waals surface area contributed by atoms with Gasteiger partial charge in [-0.25, -0.2) is 4.98 Å². The van der Waals surface area contributed by atoms with Crippen molar-refractivity contribution in [2.45, 2.75) is 32.0 Å². The Kier molecular flexibility index (Phi) is 8.30. The summed E-state index contributed by atoms with van der Waals surface area (Å²) in [7, 11) is 7.43. The van der Waals surface area contributed by atoms with Gasteiger partial charge in [0.05, 0.1) is 23.9 Å². The quantitative estimate of drug-likeness (QED) is 0.746. The molecule has 2 heterocycles. The van der Waals surface area contributed by atoms with Crippen LogP contribution in [0.15, 0.2) is 23.0 Å². The summed E-state index contributed by atoms with van der Waals surface area (Å²) >= 11 is 0. The van der Waals surface area contributed by atoms with Gasteiger partial charge in [0.1, 0.15) is 11.5 Å². The molecular weight excluding hydrogens is 425 g/mol. The van der Waals surface area contributed by atoms with E-state index in [2.05, 4.69) is 4.98 Å². The van der Waals surface area contributed by atoms with Gasteiger partial charge in [-0.05, 0) is 38.0 Å². The second-order valence-corrected chi connectivity index (χ2v) is 7.80. The van der Waals surface area contributed by atoms with E-state index in [1.165, 1.54) is 17.7 Å². The predicted molar refractivity (Wildman–Crippen MR) is 119 cm³/mol. The molecule has 0 amide bonds. The number of rotatable bonds is 5. The van der Waals surface area contributed by atoms with E-state index in [9.17, 15) is 18.0 Å². The van der Waals surface area contributed by atoms with E-state index in [4.69, 9.17) is 9.84 Å². The van der Waals surface area contributed by atoms with Crippen molar-refractivity contribution >= 4 is 11.4 Å². The summed E-state index contributed by atoms with van der Waals surface area (Å²) in [5, 5.41) is 7.00. The topological polar surface area (TPSA) is 70.8 Å². The molecule has 1 atom stereocenters. The fraction of sp³-hybridized carbons (Fsp3) is 0.545. The number of halogens is 3. The fourth-order valence-electron chi connectivity index (χ4n) is 4.00. The molecule has 0 spiro atoms. The van der Waals surface area contributed by atoms with Crippen molar-refractivity contribution in [2.75, 3.05) is 51.3 Å². The van der Waals surface area contributed by atoms with Crippen LogP contribution in [0.4, 0.5) is 24.5 Å². The molecule has 32 heavy (non-hydrogen) atoms. The van der Waals surface area contributed by atoms with Crippen LogP contribution in [0.1, 0.15) is 24.1 Å². The van der Waals surface area contributed by atoms with Gasteiger partial charge < -0.3 is 19.6 Å². The Morgan fingerprint density at radius 3 is 2.50 bits per heavy atom. The standard InChI is InChI=1S/C21H27F3N4O2.CH4O/c1-13-18(28-10-6-7-15(28)12-30-5)20(29)27(4)19(25-13)16-9-8-14(26(2)3)11-17(16)21(22,23)24;1-2/h8-9,11,15H,6-7,10,12H2,1-5H3;2H,1H3. The summed E-state index contributed by atoms with van der Waals surface area (Å²) in [4.78, 5) is 21.2. The van der Waals surface area contributed by atoms with Crippen LogP contribution in [-0.4, -0.2) is 62.2 Å². The molecule has 2 aromatic rings. The van der Waals surface area contributed by atoms with Crippen molar-refractivity contribution in [1.29, 1.82) is 0 Å². The van der Waals surface area contributed by atoms with E-state index in [0.717, 1.165) is 26.0 Å². The summed E-state index contributed by atoms with van der Waals surface area (Å²) < 4.78 is 47.9. The molecule has 1 aromatic carbocycles. The number of ether oxygens (including phenoxy) is 1. The zero-order valence-electron chi connectivity index (χ0n) is 19.3. The summed E-state index contributed by atoms with van der Waals surface area (Å²) in [5.74, 6) is 0.00127. The minimum atomic E-state index is -4.58. The molecule has 1 N–H and O–H groups in total. The highest BCUT2D eigenvalue weighted by molar-refractivity contribution is 5.68. The summed E-state index contributed by atoms with van der Waals surface area (Å²) in [6.45, 7) is 2.84. The highest BCUT2D eigenvalue weighted by Crippen LogP contribution is 2.38. The number of aromatic nitrogens is 2. The Labute approximate surface area is 186 Å². The van der Waals surface area contributed by atoms with E-state index >= 15 is 0 Å². The van der Waals surface area contributed by atoms with Crippen LogP contribution in [-0.2, 0) is 18.0 Å². The van der Waals surface area contributed by atoms with E-state index in [1.807, 2.05) is 4.90 Å². The lowest BCUT2D eigenvalue weighted by molar-refractivity contribution is -0.137. The van der Waals surface area contributed by atoms with Gasteiger partial charge in [0, 0.05) is 53.2 Å². The average molecular weight is 457 g/mol. The lowest BCUT2D eigenvalue weighted by Gasteiger charge is -2.28. The number of aliphatic hydroxyl groups is 1. The molecule has 0 bridgehead atoms. The van der Waals surface area contributed by atoms with Crippen LogP contribution in [0.25, 0.3) is 11.4 Å². The van der Waals surface area contributed by atoms with Crippen molar-refractivity contribution < 1.29 is 23.0 Å². The number of anilines is 2. The van der Waals surface area contributed by atoms with Crippen molar-refractivity contribution in [3.8, 4) is 11.4 Å². The normalized spacial score (nSPS) is 16.1. The number of benzene rings is 1. The number of hydrogen-bond donors (Lipinski definition) is 1. The molecule has 178 valence electrons. The fourth-order valence-corrected chi connectivity index (χ4v) is 4.00. The van der Waals surface area contributed by atoms with Crippen LogP contribution in [0.5, 0.6) is 0 Å². The molecule has 0 saturated carbocycles. The van der Waals surface area contributed by atoms with Crippen LogP contribution in [0.3, 0.4) is 0 Å². The minimum Gasteiger partial charge on any atom is -0.400 e. The molecule has 0 radical (unpaired) electrons. The van der Waals surface area contributed by atoms with Gasteiger partial charge >= 0.3 is 6.18 Å². The summed E-state index contributed by atoms with van der Waals surface area (Å²) in [5.41, 5.74) is -0.0200. The van der Waals surface area contributed by atoms with Gasteiger partial charge in [0.15, 0.2) is 0 Å². The molecule has 10 heteroatoms. The first-order valence-electron chi connectivity index (χ1n) is 10.2. The van der Waals surface area contributed by atoms with Gasteiger partial charge in [0.2, 0.25) is 0 Å². The lowest BCUT2D eigenvalue weighted by atomic mass is 10.0. The third kappa shape index (κ3) is 5.07. The average Bonchev–Trinajstić information content (AvgIpc) is 3.19. The molecule has 1 aliphatic rings. The van der Waals surface area contributed by atoms with E-state index < -0.39 is 11.7 Å². The van der Waals surface area contributed by atoms with Crippen LogP contribution < -0.4 is 15.4 Å². The predicted octanol–water partition coefficient (Wildman–Crippen LogP) is 3.06. The SMILES string of the molecule is CO.COCC1CCCN1c1c(C)nc(-c2ccc(N(C)C)cc2C(F)(F)F)n(C)c1=O. The minimum absolute atomic E-state index is 0.00127. The number of alkyl halides is 3.